The Morgan fingerprint density at radius 2 is 1.94 bits per heavy atom. The lowest BCUT2D eigenvalue weighted by Crippen LogP contribution is -2.38. The Kier molecular flexibility index (Phi) is 7.78. The lowest BCUT2D eigenvalue weighted by molar-refractivity contribution is -0.138. The number of halogens is 1. The minimum absolute atomic E-state index is 0.0820. The Morgan fingerprint density at radius 1 is 1.23 bits per heavy atom. The van der Waals surface area contributed by atoms with Crippen molar-refractivity contribution >= 4 is 40.4 Å². The fraction of sp³-hybridized carbons (Fsp3) is 0.222. The number of hydrogen-bond acceptors (Lipinski definition) is 6. The van der Waals surface area contributed by atoms with E-state index in [1.807, 2.05) is 65.8 Å². The molecule has 0 fully saturated rings. The first kappa shape index (κ1) is 24.8. The number of amidine groups is 1. The summed E-state index contributed by atoms with van der Waals surface area (Å²) in [4.78, 5) is 32.7. The SMILES string of the molecule is C=CCOC(=O)C1=C(C)N=C2SC=C(CC(=O)N[C@H](C)c3ccccc3)N2[C@H]1c1ccccc1Cl. The molecule has 2 aromatic carbocycles. The van der Waals surface area contributed by atoms with E-state index in [0.717, 1.165) is 16.8 Å². The Balaban J connectivity index is 1.64. The van der Waals surface area contributed by atoms with Crippen molar-refractivity contribution in [2.24, 2.45) is 4.99 Å². The van der Waals surface area contributed by atoms with Crippen LogP contribution < -0.4 is 5.32 Å². The minimum Gasteiger partial charge on any atom is -0.458 e. The number of allylic oxidation sites excluding steroid dienone is 1. The average molecular weight is 508 g/mol. The van der Waals surface area contributed by atoms with E-state index < -0.39 is 12.0 Å². The molecule has 2 atom stereocenters. The van der Waals surface area contributed by atoms with Crippen LogP contribution in [0.3, 0.4) is 0 Å². The molecule has 180 valence electrons. The third kappa shape index (κ3) is 5.36. The van der Waals surface area contributed by atoms with Crippen LogP contribution in [0.1, 0.15) is 43.5 Å². The van der Waals surface area contributed by atoms with Gasteiger partial charge >= 0.3 is 5.97 Å². The maximum atomic E-state index is 13.1. The predicted octanol–water partition coefficient (Wildman–Crippen LogP) is 5.91. The highest BCUT2D eigenvalue weighted by Gasteiger charge is 2.41. The van der Waals surface area contributed by atoms with Crippen LogP contribution in [-0.4, -0.2) is 28.6 Å². The Bertz CT molecular complexity index is 1240. The standard InChI is InChI=1S/C27H26ClN3O3S/c1-4-14-34-26(33)24-18(3)30-27-31(25(24)21-12-8-9-13-22(21)28)20(16-35-27)15-23(32)29-17(2)19-10-6-5-7-11-19/h4-13,16-17,25H,1,14-15H2,2-3H3,(H,29,32)/t17-,25+/m1/s1. The summed E-state index contributed by atoms with van der Waals surface area (Å²) in [6.07, 6.45) is 1.64. The number of esters is 1. The summed E-state index contributed by atoms with van der Waals surface area (Å²) in [5.74, 6) is -0.622. The molecule has 6 nitrogen and oxygen atoms in total. The van der Waals surface area contributed by atoms with Crippen LogP contribution in [0.25, 0.3) is 0 Å². The molecular formula is C27H26ClN3O3S. The highest BCUT2D eigenvalue weighted by molar-refractivity contribution is 8.16. The fourth-order valence-electron chi connectivity index (χ4n) is 4.12. The molecule has 2 heterocycles. The molecule has 0 radical (unpaired) electrons. The lowest BCUT2D eigenvalue weighted by atomic mass is 9.93. The number of amides is 1. The summed E-state index contributed by atoms with van der Waals surface area (Å²) >= 11 is 8.02. The van der Waals surface area contributed by atoms with Crippen molar-refractivity contribution in [3.8, 4) is 0 Å². The van der Waals surface area contributed by atoms with E-state index in [-0.39, 0.29) is 25.0 Å². The smallest absolute Gasteiger partial charge is 0.338 e. The van der Waals surface area contributed by atoms with Gasteiger partial charge in [-0.15, -0.1) is 0 Å². The number of carbonyl (C=O) groups excluding carboxylic acids is 2. The molecule has 0 saturated carbocycles. The van der Waals surface area contributed by atoms with Crippen molar-refractivity contribution in [3.05, 3.63) is 106 Å². The van der Waals surface area contributed by atoms with Crippen molar-refractivity contribution in [2.75, 3.05) is 6.61 Å². The zero-order chi connectivity index (χ0) is 24.9. The summed E-state index contributed by atoms with van der Waals surface area (Å²) in [6, 6.07) is 16.4. The van der Waals surface area contributed by atoms with Gasteiger partial charge in [-0.25, -0.2) is 9.79 Å². The minimum atomic E-state index is -0.575. The molecule has 0 aliphatic carbocycles. The number of thioether (sulfide) groups is 1. The van der Waals surface area contributed by atoms with Crippen LogP contribution in [0.2, 0.25) is 5.02 Å². The molecule has 0 unspecified atom stereocenters. The van der Waals surface area contributed by atoms with E-state index in [1.165, 1.54) is 17.8 Å². The number of nitrogens with zero attached hydrogens (tertiary/aromatic N) is 2. The third-order valence-corrected chi connectivity index (χ3v) is 7.00. The largest absolute Gasteiger partial charge is 0.458 e. The first-order valence-electron chi connectivity index (χ1n) is 11.2. The van der Waals surface area contributed by atoms with Gasteiger partial charge in [0.15, 0.2) is 5.17 Å². The summed E-state index contributed by atoms with van der Waals surface area (Å²) in [5.41, 5.74) is 3.43. The number of nitrogens with one attached hydrogen (secondary N) is 1. The number of hydrogen-bond donors (Lipinski definition) is 1. The molecule has 1 amide bonds. The van der Waals surface area contributed by atoms with Gasteiger partial charge in [-0.05, 0) is 36.4 Å². The molecular weight excluding hydrogens is 482 g/mol. The molecule has 2 aliphatic heterocycles. The van der Waals surface area contributed by atoms with Gasteiger partial charge in [0.1, 0.15) is 6.61 Å². The molecule has 35 heavy (non-hydrogen) atoms. The quantitative estimate of drug-likeness (QED) is 0.355. The Morgan fingerprint density at radius 3 is 2.66 bits per heavy atom. The number of carbonyl (C=O) groups is 2. The number of rotatable bonds is 8. The first-order chi connectivity index (χ1) is 16.9. The highest BCUT2D eigenvalue weighted by Crippen LogP contribution is 2.46. The maximum Gasteiger partial charge on any atom is 0.338 e. The van der Waals surface area contributed by atoms with Gasteiger partial charge < -0.3 is 15.0 Å². The van der Waals surface area contributed by atoms with Gasteiger partial charge in [0.25, 0.3) is 0 Å². The number of benzene rings is 2. The van der Waals surface area contributed by atoms with Gasteiger partial charge in [0.2, 0.25) is 5.91 Å². The zero-order valence-electron chi connectivity index (χ0n) is 19.5. The molecule has 2 aromatic rings. The van der Waals surface area contributed by atoms with Crippen LogP contribution in [0, 0.1) is 0 Å². The van der Waals surface area contributed by atoms with Gasteiger partial charge in [-0.2, -0.15) is 0 Å². The van der Waals surface area contributed by atoms with Crippen molar-refractivity contribution in [1.29, 1.82) is 0 Å². The van der Waals surface area contributed by atoms with Crippen molar-refractivity contribution in [3.63, 3.8) is 0 Å². The fourth-order valence-corrected chi connectivity index (χ4v) is 5.32. The van der Waals surface area contributed by atoms with Crippen LogP contribution in [0.15, 0.2) is 94.6 Å². The van der Waals surface area contributed by atoms with Crippen LogP contribution >= 0.6 is 23.4 Å². The van der Waals surface area contributed by atoms with Gasteiger partial charge in [-0.3, -0.25) is 4.79 Å². The zero-order valence-corrected chi connectivity index (χ0v) is 21.1. The van der Waals surface area contributed by atoms with Crippen molar-refractivity contribution in [2.45, 2.75) is 32.4 Å². The molecule has 4 rings (SSSR count). The normalized spacial score (nSPS) is 17.8. The molecule has 0 aromatic heterocycles. The van der Waals surface area contributed by atoms with E-state index >= 15 is 0 Å². The molecule has 0 saturated heterocycles. The third-order valence-electron chi connectivity index (χ3n) is 5.77. The number of ether oxygens (including phenoxy) is 1. The molecule has 8 heteroatoms. The second-order valence-corrected chi connectivity index (χ2v) is 9.42. The number of aliphatic imine (C=N–C) groups is 1. The molecule has 2 aliphatic rings. The van der Waals surface area contributed by atoms with E-state index in [1.54, 1.807) is 13.0 Å². The highest BCUT2D eigenvalue weighted by atomic mass is 35.5. The summed E-state index contributed by atoms with van der Waals surface area (Å²) in [5, 5.41) is 6.16. The van der Waals surface area contributed by atoms with E-state index in [4.69, 9.17) is 16.3 Å². The van der Waals surface area contributed by atoms with E-state index in [0.29, 0.717) is 21.5 Å². The number of fused-ring (bicyclic) bond motifs is 1. The van der Waals surface area contributed by atoms with Crippen molar-refractivity contribution < 1.29 is 14.3 Å². The molecule has 0 bridgehead atoms. The topological polar surface area (TPSA) is 71.0 Å². The van der Waals surface area contributed by atoms with E-state index in [9.17, 15) is 9.59 Å². The van der Waals surface area contributed by atoms with Gasteiger partial charge in [0, 0.05) is 10.7 Å². The summed E-state index contributed by atoms with van der Waals surface area (Å²) < 4.78 is 5.40. The van der Waals surface area contributed by atoms with Gasteiger partial charge in [-0.1, -0.05) is 84.5 Å². The van der Waals surface area contributed by atoms with Crippen LogP contribution in [0.4, 0.5) is 0 Å². The second-order valence-electron chi connectivity index (χ2n) is 8.18. The summed E-state index contributed by atoms with van der Waals surface area (Å²) in [7, 11) is 0. The van der Waals surface area contributed by atoms with Crippen LogP contribution in [0.5, 0.6) is 0 Å². The lowest BCUT2D eigenvalue weighted by Gasteiger charge is -2.36. The Hall–Kier alpha value is -3.29. The molecule has 0 spiro atoms. The second kappa shape index (κ2) is 11.0. The van der Waals surface area contributed by atoms with Gasteiger partial charge in [0.05, 0.1) is 29.8 Å². The Labute approximate surface area is 214 Å². The van der Waals surface area contributed by atoms with E-state index in [2.05, 4.69) is 16.9 Å². The maximum absolute atomic E-state index is 13.1. The average Bonchev–Trinajstić information content (AvgIpc) is 3.24. The monoisotopic (exact) mass is 507 g/mol. The predicted molar refractivity (Wildman–Crippen MR) is 141 cm³/mol. The summed E-state index contributed by atoms with van der Waals surface area (Å²) in [6.45, 7) is 7.44. The molecule has 1 N–H and O–H groups in total. The van der Waals surface area contributed by atoms with Crippen LogP contribution in [-0.2, 0) is 14.3 Å². The van der Waals surface area contributed by atoms with Crippen molar-refractivity contribution in [1.82, 2.24) is 10.2 Å². The first-order valence-corrected chi connectivity index (χ1v) is 12.5.